The molecule has 0 aromatic rings. The van der Waals surface area contributed by atoms with Crippen molar-refractivity contribution in [2.45, 2.75) is 251 Å². The molecule has 0 spiro atoms. The Bertz CT molecular complexity index is 1050. The standard InChI is InChI=1S/C52H93NO5/c1-4-7-10-13-16-19-22-23-24-25-26-27-28-30-33-36-39-42-45-52(57)58-48(43-40-37-34-31-21-18-15-12-9-6-3)46-51(56)53-49(47-54)50(55)44-41-38-35-32-29-20-17-14-11-8-5-2/h10,13,16,19,22-27,48-50,54-55H,4-9,11-12,14-15,17-18,20-21,28-47H2,1-3H3,(H,53,56)/b13-10+,19-16+,23-22+,25-24+,27-26+. The summed E-state index contributed by atoms with van der Waals surface area (Å²) in [6.45, 7) is 6.37. The molecule has 6 nitrogen and oxygen atoms in total. The first-order valence-electron chi connectivity index (χ1n) is 24.6. The van der Waals surface area contributed by atoms with Crippen molar-refractivity contribution >= 4 is 11.9 Å². The van der Waals surface area contributed by atoms with Crippen molar-refractivity contribution in [2.24, 2.45) is 0 Å². The molecular weight excluding hydrogens is 719 g/mol. The van der Waals surface area contributed by atoms with Gasteiger partial charge in [0.2, 0.25) is 5.91 Å². The Morgan fingerprint density at radius 2 is 0.914 bits per heavy atom. The second-order valence-electron chi connectivity index (χ2n) is 16.6. The molecule has 3 atom stereocenters. The summed E-state index contributed by atoms with van der Waals surface area (Å²) in [4.78, 5) is 26.0. The fourth-order valence-corrected chi connectivity index (χ4v) is 7.22. The summed E-state index contributed by atoms with van der Waals surface area (Å²) in [5.74, 6) is -0.502. The highest BCUT2D eigenvalue weighted by atomic mass is 16.5. The lowest BCUT2D eigenvalue weighted by atomic mass is 10.0. The van der Waals surface area contributed by atoms with Gasteiger partial charge in [0, 0.05) is 6.42 Å². The molecule has 0 aliphatic rings. The van der Waals surface area contributed by atoms with Gasteiger partial charge in [0.25, 0.3) is 0 Å². The maximum Gasteiger partial charge on any atom is 0.306 e. The first kappa shape index (κ1) is 55.6. The molecule has 0 aliphatic carbocycles. The molecule has 0 aromatic carbocycles. The van der Waals surface area contributed by atoms with E-state index in [0.29, 0.717) is 19.3 Å². The molecule has 0 rings (SSSR count). The highest BCUT2D eigenvalue weighted by Crippen LogP contribution is 2.18. The summed E-state index contributed by atoms with van der Waals surface area (Å²) in [7, 11) is 0. The number of hydrogen-bond acceptors (Lipinski definition) is 5. The van der Waals surface area contributed by atoms with E-state index in [2.05, 4.69) is 62.5 Å². The minimum absolute atomic E-state index is 0.0671. The molecule has 0 saturated heterocycles. The van der Waals surface area contributed by atoms with E-state index < -0.39 is 18.2 Å². The Hall–Kier alpha value is -2.44. The predicted octanol–water partition coefficient (Wildman–Crippen LogP) is 14.5. The zero-order valence-electron chi connectivity index (χ0n) is 38.2. The Morgan fingerprint density at radius 1 is 0.500 bits per heavy atom. The van der Waals surface area contributed by atoms with Crippen LogP contribution in [0.4, 0.5) is 0 Å². The van der Waals surface area contributed by atoms with Crippen LogP contribution in [0.2, 0.25) is 0 Å². The van der Waals surface area contributed by atoms with Crippen LogP contribution in [0.5, 0.6) is 0 Å². The normalized spacial score (nSPS) is 13.8. The van der Waals surface area contributed by atoms with Crippen LogP contribution in [0.3, 0.4) is 0 Å². The van der Waals surface area contributed by atoms with Crippen LogP contribution < -0.4 is 5.32 Å². The molecule has 3 unspecified atom stereocenters. The highest BCUT2D eigenvalue weighted by molar-refractivity contribution is 5.77. The van der Waals surface area contributed by atoms with Gasteiger partial charge in [-0.2, -0.15) is 0 Å². The molecule has 58 heavy (non-hydrogen) atoms. The molecule has 6 heteroatoms. The van der Waals surface area contributed by atoms with Crippen LogP contribution >= 0.6 is 0 Å². The Morgan fingerprint density at radius 3 is 1.40 bits per heavy atom. The van der Waals surface area contributed by atoms with Crippen LogP contribution in [-0.4, -0.2) is 46.9 Å². The molecule has 336 valence electrons. The van der Waals surface area contributed by atoms with Crippen LogP contribution in [0.25, 0.3) is 0 Å². The maximum atomic E-state index is 13.1. The topological polar surface area (TPSA) is 95.9 Å². The number of carbonyl (C=O) groups excluding carboxylic acids is 2. The Balaban J connectivity index is 4.57. The lowest BCUT2D eigenvalue weighted by molar-refractivity contribution is -0.151. The van der Waals surface area contributed by atoms with Gasteiger partial charge in [-0.1, -0.05) is 236 Å². The van der Waals surface area contributed by atoms with Gasteiger partial charge in [-0.05, 0) is 44.9 Å². The van der Waals surface area contributed by atoms with E-state index in [0.717, 1.165) is 83.5 Å². The molecule has 0 heterocycles. The molecule has 0 bridgehead atoms. The zero-order valence-corrected chi connectivity index (χ0v) is 38.2. The summed E-state index contributed by atoms with van der Waals surface area (Å²) in [5, 5.41) is 23.7. The molecule has 3 N–H and O–H groups in total. The largest absolute Gasteiger partial charge is 0.462 e. The van der Waals surface area contributed by atoms with E-state index in [1.807, 2.05) is 24.3 Å². The first-order valence-corrected chi connectivity index (χ1v) is 24.6. The minimum Gasteiger partial charge on any atom is -0.462 e. The Kier molecular flexibility index (Phi) is 43.7. The third-order valence-electron chi connectivity index (χ3n) is 11.0. The summed E-state index contributed by atoms with van der Waals surface area (Å²) in [6, 6.07) is -0.705. The van der Waals surface area contributed by atoms with Gasteiger partial charge in [0.05, 0.1) is 25.2 Å². The van der Waals surface area contributed by atoms with E-state index in [1.54, 1.807) is 0 Å². The van der Waals surface area contributed by atoms with Crippen molar-refractivity contribution in [3.05, 3.63) is 60.8 Å². The molecule has 0 aromatic heterocycles. The fraction of sp³-hybridized carbons (Fsp3) is 0.769. The zero-order chi connectivity index (χ0) is 42.4. The fourth-order valence-electron chi connectivity index (χ4n) is 7.22. The van der Waals surface area contributed by atoms with E-state index in [1.165, 1.54) is 103 Å². The first-order chi connectivity index (χ1) is 28.5. The monoisotopic (exact) mass is 812 g/mol. The van der Waals surface area contributed by atoms with Crippen LogP contribution in [-0.2, 0) is 14.3 Å². The predicted molar refractivity (Wildman–Crippen MR) is 250 cm³/mol. The van der Waals surface area contributed by atoms with Crippen molar-refractivity contribution < 1.29 is 24.5 Å². The molecule has 0 aliphatic heterocycles. The van der Waals surface area contributed by atoms with Gasteiger partial charge in [0.15, 0.2) is 0 Å². The molecule has 0 saturated carbocycles. The van der Waals surface area contributed by atoms with Crippen LogP contribution in [0.15, 0.2) is 60.8 Å². The quantitative estimate of drug-likeness (QED) is 0.0324. The number of esters is 1. The number of carbonyl (C=O) groups is 2. The number of rotatable bonds is 43. The lowest BCUT2D eigenvalue weighted by Gasteiger charge is -2.24. The second kappa shape index (κ2) is 45.6. The van der Waals surface area contributed by atoms with Crippen molar-refractivity contribution in [1.29, 1.82) is 0 Å². The number of unbranched alkanes of at least 4 members (excludes halogenated alkanes) is 25. The number of allylic oxidation sites excluding steroid dienone is 10. The number of aliphatic hydroxyl groups excluding tert-OH is 2. The van der Waals surface area contributed by atoms with E-state index in [4.69, 9.17) is 4.74 Å². The van der Waals surface area contributed by atoms with E-state index >= 15 is 0 Å². The molecular formula is C52H93NO5. The molecule has 0 fully saturated rings. The van der Waals surface area contributed by atoms with Gasteiger partial charge in [-0.3, -0.25) is 9.59 Å². The third kappa shape index (κ3) is 40.3. The van der Waals surface area contributed by atoms with Crippen LogP contribution in [0.1, 0.15) is 233 Å². The van der Waals surface area contributed by atoms with Gasteiger partial charge in [-0.15, -0.1) is 0 Å². The average molecular weight is 812 g/mol. The van der Waals surface area contributed by atoms with Crippen molar-refractivity contribution in [3.63, 3.8) is 0 Å². The number of ether oxygens (including phenoxy) is 1. The summed E-state index contributed by atoms with van der Waals surface area (Å²) in [5.41, 5.74) is 0. The Labute approximate surface area is 358 Å². The van der Waals surface area contributed by atoms with Gasteiger partial charge < -0.3 is 20.3 Å². The maximum absolute atomic E-state index is 13.1. The van der Waals surface area contributed by atoms with Crippen molar-refractivity contribution in [2.75, 3.05) is 6.61 Å². The molecule has 0 radical (unpaired) electrons. The summed E-state index contributed by atoms with van der Waals surface area (Å²) < 4.78 is 5.90. The van der Waals surface area contributed by atoms with Gasteiger partial charge >= 0.3 is 5.97 Å². The number of amides is 1. The minimum atomic E-state index is -0.790. The lowest BCUT2D eigenvalue weighted by Crippen LogP contribution is -2.46. The third-order valence-corrected chi connectivity index (χ3v) is 11.0. The summed E-state index contributed by atoms with van der Waals surface area (Å²) in [6.07, 6.45) is 55.6. The summed E-state index contributed by atoms with van der Waals surface area (Å²) >= 11 is 0. The second-order valence-corrected chi connectivity index (χ2v) is 16.6. The average Bonchev–Trinajstić information content (AvgIpc) is 3.22. The number of nitrogens with one attached hydrogen (secondary N) is 1. The van der Waals surface area contributed by atoms with E-state index in [9.17, 15) is 19.8 Å². The highest BCUT2D eigenvalue weighted by Gasteiger charge is 2.24. The molecule has 1 amide bonds. The number of aliphatic hydroxyl groups is 2. The van der Waals surface area contributed by atoms with Crippen molar-refractivity contribution in [3.8, 4) is 0 Å². The van der Waals surface area contributed by atoms with Gasteiger partial charge in [-0.25, -0.2) is 0 Å². The number of hydrogen-bond donors (Lipinski definition) is 3. The van der Waals surface area contributed by atoms with E-state index in [-0.39, 0.29) is 24.9 Å². The smallest absolute Gasteiger partial charge is 0.306 e. The SMILES string of the molecule is CCC/C=C/C=C/C=C/C=C/C=C/CCCCCCCC(=O)OC(CCCCCCCCCCCC)CC(=O)NC(CO)C(O)CCCCCCCCCCCCC. The van der Waals surface area contributed by atoms with Crippen molar-refractivity contribution in [1.82, 2.24) is 5.32 Å². The van der Waals surface area contributed by atoms with Crippen LogP contribution in [0, 0.1) is 0 Å². The van der Waals surface area contributed by atoms with Gasteiger partial charge in [0.1, 0.15) is 6.10 Å².